The normalized spacial score (nSPS) is 22.1. The van der Waals surface area contributed by atoms with Crippen molar-refractivity contribution in [1.29, 1.82) is 5.26 Å². The van der Waals surface area contributed by atoms with E-state index < -0.39 is 0 Å². The van der Waals surface area contributed by atoms with E-state index in [2.05, 4.69) is 25.8 Å². The van der Waals surface area contributed by atoms with Crippen molar-refractivity contribution in [1.82, 2.24) is 14.9 Å². The van der Waals surface area contributed by atoms with Gasteiger partial charge in [0.25, 0.3) is 0 Å². The number of nitriles is 1. The Morgan fingerprint density at radius 1 is 1.19 bits per heavy atom. The van der Waals surface area contributed by atoms with E-state index in [0.29, 0.717) is 11.5 Å². The van der Waals surface area contributed by atoms with Crippen LogP contribution in [0, 0.1) is 22.7 Å². The first kappa shape index (κ1) is 17.9. The largest absolute Gasteiger partial charge is 0.396 e. The molecule has 1 unspecified atom stereocenters. The Bertz CT molecular complexity index is 794. The predicted molar refractivity (Wildman–Crippen MR) is 103 cm³/mol. The quantitative estimate of drug-likeness (QED) is 0.896. The molecule has 1 aromatic heterocycles. The molecule has 0 aliphatic carbocycles. The Labute approximate surface area is 160 Å². The van der Waals surface area contributed by atoms with Crippen molar-refractivity contribution in [3.8, 4) is 6.07 Å². The number of aliphatic hydroxyl groups excluding tert-OH is 1. The van der Waals surface area contributed by atoms with Gasteiger partial charge in [-0.05, 0) is 55.1 Å². The van der Waals surface area contributed by atoms with Gasteiger partial charge in [-0.1, -0.05) is 12.1 Å². The van der Waals surface area contributed by atoms with E-state index in [1.807, 2.05) is 30.3 Å². The fourth-order valence-electron chi connectivity index (χ4n) is 4.60. The second kappa shape index (κ2) is 7.63. The van der Waals surface area contributed by atoms with Crippen LogP contribution in [-0.2, 0) is 6.54 Å². The summed E-state index contributed by atoms with van der Waals surface area (Å²) in [6.45, 7) is 5.05. The molecule has 6 nitrogen and oxygen atoms in total. The lowest BCUT2D eigenvalue weighted by atomic mass is 9.71. The Kier molecular flexibility index (Phi) is 5.06. The topological polar surface area (TPSA) is 76.3 Å². The number of aromatic nitrogens is 2. The lowest BCUT2D eigenvalue weighted by Crippen LogP contribution is -2.44. The Morgan fingerprint density at radius 3 is 2.59 bits per heavy atom. The highest BCUT2D eigenvalue weighted by Gasteiger charge is 2.47. The zero-order valence-electron chi connectivity index (χ0n) is 15.5. The fourth-order valence-corrected chi connectivity index (χ4v) is 4.60. The molecule has 0 bridgehead atoms. The van der Waals surface area contributed by atoms with Crippen LogP contribution >= 0.6 is 0 Å². The minimum atomic E-state index is 0.168. The van der Waals surface area contributed by atoms with Gasteiger partial charge in [0.15, 0.2) is 0 Å². The summed E-state index contributed by atoms with van der Waals surface area (Å²) in [5.74, 6) is 1.25. The van der Waals surface area contributed by atoms with Crippen LogP contribution < -0.4 is 4.90 Å². The van der Waals surface area contributed by atoms with Gasteiger partial charge in [0, 0.05) is 38.4 Å². The second-order valence-electron chi connectivity index (χ2n) is 7.77. The Morgan fingerprint density at radius 2 is 1.96 bits per heavy atom. The van der Waals surface area contributed by atoms with Crippen molar-refractivity contribution in [2.24, 2.45) is 11.3 Å². The first-order valence-electron chi connectivity index (χ1n) is 9.56. The van der Waals surface area contributed by atoms with Crippen LogP contribution in [-0.4, -0.2) is 52.8 Å². The second-order valence-corrected chi connectivity index (χ2v) is 7.77. The van der Waals surface area contributed by atoms with Crippen LogP contribution in [0.5, 0.6) is 0 Å². The summed E-state index contributed by atoms with van der Waals surface area (Å²) in [5.41, 5.74) is 2.12. The average molecular weight is 363 g/mol. The summed E-state index contributed by atoms with van der Waals surface area (Å²) in [6.07, 6.45) is 5.56. The molecule has 2 aliphatic rings. The zero-order valence-corrected chi connectivity index (χ0v) is 15.5. The van der Waals surface area contributed by atoms with Gasteiger partial charge in [-0.25, -0.2) is 9.97 Å². The molecule has 0 radical (unpaired) electrons. The van der Waals surface area contributed by atoms with Crippen LogP contribution in [0.2, 0.25) is 0 Å². The fraction of sp³-hybridized carbons (Fsp3) is 0.476. The monoisotopic (exact) mass is 363 g/mol. The number of aliphatic hydroxyl groups is 1. The standard InChI is InChI=1S/C21H25N5O/c22-11-17-1-3-18(4-2-17)12-25-9-6-21(7-10-25)15-26(13-19(21)14-27)20-5-8-23-16-24-20/h1-5,8,16,19,27H,6-7,9-10,12-15H2. The predicted octanol–water partition coefficient (Wildman–Crippen LogP) is 2.06. The summed E-state index contributed by atoms with van der Waals surface area (Å²) in [6, 6.07) is 12.0. The lowest BCUT2D eigenvalue weighted by molar-refractivity contribution is 0.0507. The third kappa shape index (κ3) is 3.66. The molecule has 3 heterocycles. The summed E-state index contributed by atoms with van der Waals surface area (Å²) < 4.78 is 0. The molecular formula is C21H25N5O. The third-order valence-corrected chi connectivity index (χ3v) is 6.26. The van der Waals surface area contributed by atoms with Gasteiger partial charge in [-0.3, -0.25) is 4.90 Å². The molecule has 2 aliphatic heterocycles. The Hall–Kier alpha value is -2.49. The van der Waals surface area contributed by atoms with Crippen molar-refractivity contribution >= 4 is 5.82 Å². The lowest BCUT2D eigenvalue weighted by Gasteiger charge is -2.42. The highest BCUT2D eigenvalue weighted by atomic mass is 16.3. The van der Waals surface area contributed by atoms with Crippen molar-refractivity contribution in [2.45, 2.75) is 19.4 Å². The summed E-state index contributed by atoms with van der Waals surface area (Å²) in [4.78, 5) is 13.2. The molecule has 1 N–H and O–H groups in total. The maximum Gasteiger partial charge on any atom is 0.131 e. The van der Waals surface area contributed by atoms with E-state index in [0.717, 1.165) is 51.4 Å². The van der Waals surface area contributed by atoms with Crippen LogP contribution in [0.3, 0.4) is 0 Å². The maximum atomic E-state index is 10.00. The van der Waals surface area contributed by atoms with E-state index in [1.165, 1.54) is 5.56 Å². The number of piperidine rings is 1. The average Bonchev–Trinajstić information content (AvgIpc) is 3.09. The van der Waals surface area contributed by atoms with Gasteiger partial charge in [0.05, 0.1) is 11.6 Å². The third-order valence-electron chi connectivity index (χ3n) is 6.26. The van der Waals surface area contributed by atoms with Gasteiger partial charge in [-0.2, -0.15) is 5.26 Å². The summed E-state index contributed by atoms with van der Waals surface area (Å²) >= 11 is 0. The molecule has 27 heavy (non-hydrogen) atoms. The van der Waals surface area contributed by atoms with Crippen LogP contribution in [0.1, 0.15) is 24.0 Å². The van der Waals surface area contributed by atoms with Crippen molar-refractivity contribution in [3.63, 3.8) is 0 Å². The number of likely N-dealkylation sites (tertiary alicyclic amines) is 1. The smallest absolute Gasteiger partial charge is 0.131 e. The van der Waals surface area contributed by atoms with E-state index >= 15 is 0 Å². The number of nitrogens with zero attached hydrogens (tertiary/aromatic N) is 5. The van der Waals surface area contributed by atoms with Gasteiger partial charge in [-0.15, -0.1) is 0 Å². The van der Waals surface area contributed by atoms with Crippen molar-refractivity contribution < 1.29 is 5.11 Å². The minimum absolute atomic E-state index is 0.168. The minimum Gasteiger partial charge on any atom is -0.396 e. The molecule has 6 heteroatoms. The van der Waals surface area contributed by atoms with E-state index in [4.69, 9.17) is 5.26 Å². The molecule has 140 valence electrons. The Balaban J connectivity index is 1.40. The van der Waals surface area contributed by atoms with Crippen molar-refractivity contribution in [3.05, 3.63) is 54.0 Å². The number of rotatable bonds is 4. The number of anilines is 1. The number of benzene rings is 1. The van der Waals surface area contributed by atoms with E-state index in [-0.39, 0.29) is 12.0 Å². The number of hydrogen-bond donors (Lipinski definition) is 1. The zero-order chi connectivity index (χ0) is 18.7. The molecule has 1 atom stereocenters. The molecule has 4 rings (SSSR count). The van der Waals surface area contributed by atoms with E-state index in [9.17, 15) is 5.11 Å². The van der Waals surface area contributed by atoms with E-state index in [1.54, 1.807) is 12.5 Å². The summed E-state index contributed by atoms with van der Waals surface area (Å²) in [7, 11) is 0. The summed E-state index contributed by atoms with van der Waals surface area (Å²) in [5, 5.41) is 18.9. The van der Waals surface area contributed by atoms with Crippen molar-refractivity contribution in [2.75, 3.05) is 37.7 Å². The highest BCUT2D eigenvalue weighted by Crippen LogP contribution is 2.45. The van der Waals surface area contributed by atoms with Gasteiger partial charge < -0.3 is 10.0 Å². The first-order valence-corrected chi connectivity index (χ1v) is 9.56. The highest BCUT2D eigenvalue weighted by molar-refractivity contribution is 5.39. The van der Waals surface area contributed by atoms with Crippen LogP contribution in [0.25, 0.3) is 0 Å². The molecule has 2 fully saturated rings. The molecular weight excluding hydrogens is 338 g/mol. The molecule has 1 spiro atoms. The molecule has 1 aromatic carbocycles. The number of hydrogen-bond acceptors (Lipinski definition) is 6. The molecule has 0 amide bonds. The van der Waals surface area contributed by atoms with Gasteiger partial charge in [0.2, 0.25) is 0 Å². The molecule has 0 saturated carbocycles. The maximum absolute atomic E-state index is 10.00. The molecule has 2 aromatic rings. The van der Waals surface area contributed by atoms with Gasteiger partial charge >= 0.3 is 0 Å². The SMILES string of the molecule is N#Cc1ccc(CN2CCC3(CC2)CN(c2ccncn2)CC3CO)cc1. The molecule has 2 saturated heterocycles. The first-order chi connectivity index (χ1) is 13.2. The van der Waals surface area contributed by atoms with Gasteiger partial charge in [0.1, 0.15) is 12.1 Å². The van der Waals surface area contributed by atoms with Crippen LogP contribution in [0.4, 0.5) is 5.82 Å². The van der Waals surface area contributed by atoms with Crippen LogP contribution in [0.15, 0.2) is 42.9 Å².